The van der Waals surface area contributed by atoms with Crippen LogP contribution in [0.5, 0.6) is 11.5 Å². The van der Waals surface area contributed by atoms with Crippen LogP contribution in [0.25, 0.3) is 0 Å². The lowest BCUT2D eigenvalue weighted by atomic mass is 10.2. The summed E-state index contributed by atoms with van der Waals surface area (Å²) in [6.07, 6.45) is 0. The standard InChI is InChI=1S/C22H29N3O4/c1-5-25(15-21(26)23-18-10-12-19(28-3)13-11-18)16-22(27)24(2)14-17-8-6-7-9-20(17)29-4/h6-13H,5,14-16H2,1-4H3,(H,23,26). The zero-order valence-electron chi connectivity index (χ0n) is 17.5. The number of hydrogen-bond acceptors (Lipinski definition) is 5. The summed E-state index contributed by atoms with van der Waals surface area (Å²) in [7, 11) is 4.95. The van der Waals surface area contributed by atoms with Crippen LogP contribution in [0.15, 0.2) is 48.5 Å². The number of methoxy groups -OCH3 is 2. The van der Waals surface area contributed by atoms with E-state index in [2.05, 4.69) is 5.32 Å². The summed E-state index contributed by atoms with van der Waals surface area (Å²) in [5.74, 6) is 1.24. The van der Waals surface area contributed by atoms with Gasteiger partial charge in [-0.15, -0.1) is 0 Å². The molecule has 1 N–H and O–H groups in total. The van der Waals surface area contributed by atoms with Gasteiger partial charge in [-0.1, -0.05) is 25.1 Å². The second-order valence-corrected chi connectivity index (χ2v) is 6.64. The third-order valence-corrected chi connectivity index (χ3v) is 4.57. The minimum atomic E-state index is -0.169. The Bertz CT molecular complexity index is 808. The fourth-order valence-corrected chi connectivity index (χ4v) is 2.85. The van der Waals surface area contributed by atoms with Crippen LogP contribution in [-0.2, 0) is 16.1 Å². The van der Waals surface area contributed by atoms with Crippen LogP contribution in [0, 0.1) is 0 Å². The van der Waals surface area contributed by atoms with Crippen LogP contribution >= 0.6 is 0 Å². The van der Waals surface area contributed by atoms with Crippen LogP contribution in [0.2, 0.25) is 0 Å². The van der Waals surface area contributed by atoms with E-state index < -0.39 is 0 Å². The highest BCUT2D eigenvalue weighted by atomic mass is 16.5. The number of anilines is 1. The number of carbonyl (C=O) groups is 2. The second kappa shape index (κ2) is 11.1. The van der Waals surface area contributed by atoms with Crippen molar-refractivity contribution in [3.63, 3.8) is 0 Å². The molecule has 0 aliphatic carbocycles. The molecule has 0 bridgehead atoms. The highest BCUT2D eigenvalue weighted by Crippen LogP contribution is 2.19. The third kappa shape index (κ3) is 6.80. The normalized spacial score (nSPS) is 10.5. The fourth-order valence-electron chi connectivity index (χ4n) is 2.85. The first-order valence-corrected chi connectivity index (χ1v) is 9.49. The average Bonchev–Trinajstić information content (AvgIpc) is 2.74. The number of ether oxygens (including phenoxy) is 2. The predicted molar refractivity (Wildman–Crippen MR) is 113 cm³/mol. The first-order chi connectivity index (χ1) is 14.0. The van der Waals surface area contributed by atoms with Crippen molar-refractivity contribution in [1.82, 2.24) is 9.80 Å². The molecular formula is C22H29N3O4. The summed E-state index contributed by atoms with van der Waals surface area (Å²) in [6, 6.07) is 14.7. The number of hydrogen-bond donors (Lipinski definition) is 1. The summed E-state index contributed by atoms with van der Waals surface area (Å²) in [6.45, 7) is 3.26. The molecule has 0 aliphatic heterocycles. The number of amides is 2. The molecule has 0 unspecified atom stereocenters. The molecule has 0 spiro atoms. The summed E-state index contributed by atoms with van der Waals surface area (Å²) >= 11 is 0. The molecule has 0 aliphatic rings. The molecule has 0 heterocycles. The Morgan fingerprint density at radius 1 is 0.966 bits per heavy atom. The highest BCUT2D eigenvalue weighted by molar-refractivity contribution is 5.92. The molecule has 7 heteroatoms. The molecule has 0 radical (unpaired) electrons. The number of benzene rings is 2. The van der Waals surface area contributed by atoms with Gasteiger partial charge in [-0.05, 0) is 36.9 Å². The van der Waals surface area contributed by atoms with Crippen LogP contribution in [0.1, 0.15) is 12.5 Å². The molecule has 2 amide bonds. The molecule has 156 valence electrons. The maximum Gasteiger partial charge on any atom is 0.238 e. The van der Waals surface area contributed by atoms with E-state index in [4.69, 9.17) is 9.47 Å². The van der Waals surface area contributed by atoms with Crippen LogP contribution in [0.4, 0.5) is 5.69 Å². The smallest absolute Gasteiger partial charge is 0.238 e. The van der Waals surface area contributed by atoms with Crippen molar-refractivity contribution in [3.8, 4) is 11.5 Å². The van der Waals surface area contributed by atoms with E-state index in [9.17, 15) is 9.59 Å². The van der Waals surface area contributed by atoms with Gasteiger partial charge in [0.15, 0.2) is 0 Å². The number of para-hydroxylation sites is 1. The van der Waals surface area contributed by atoms with Crippen molar-refractivity contribution in [1.29, 1.82) is 0 Å². The molecule has 0 aromatic heterocycles. The van der Waals surface area contributed by atoms with Crippen LogP contribution < -0.4 is 14.8 Å². The van der Waals surface area contributed by atoms with Crippen molar-refractivity contribution in [2.45, 2.75) is 13.5 Å². The van der Waals surface area contributed by atoms with E-state index in [-0.39, 0.29) is 24.9 Å². The lowest BCUT2D eigenvalue weighted by Crippen LogP contribution is -2.41. The monoisotopic (exact) mass is 399 g/mol. The Kier molecular flexibility index (Phi) is 8.48. The van der Waals surface area contributed by atoms with Gasteiger partial charge in [-0.25, -0.2) is 0 Å². The summed E-state index contributed by atoms with van der Waals surface area (Å²) < 4.78 is 10.5. The molecule has 0 atom stereocenters. The maximum absolute atomic E-state index is 12.6. The third-order valence-electron chi connectivity index (χ3n) is 4.57. The topological polar surface area (TPSA) is 71.1 Å². The van der Waals surface area contributed by atoms with Gasteiger partial charge in [-0.3, -0.25) is 14.5 Å². The zero-order valence-corrected chi connectivity index (χ0v) is 17.5. The molecule has 2 aromatic carbocycles. The molecule has 2 rings (SSSR count). The number of carbonyl (C=O) groups excluding carboxylic acids is 2. The van der Waals surface area contributed by atoms with E-state index in [1.807, 2.05) is 31.2 Å². The highest BCUT2D eigenvalue weighted by Gasteiger charge is 2.17. The summed E-state index contributed by atoms with van der Waals surface area (Å²) in [5, 5.41) is 2.84. The van der Waals surface area contributed by atoms with E-state index in [1.54, 1.807) is 55.3 Å². The van der Waals surface area contributed by atoms with Gasteiger partial charge in [-0.2, -0.15) is 0 Å². The van der Waals surface area contributed by atoms with Gasteiger partial charge < -0.3 is 19.7 Å². The molecule has 7 nitrogen and oxygen atoms in total. The molecular weight excluding hydrogens is 370 g/mol. The second-order valence-electron chi connectivity index (χ2n) is 6.64. The zero-order chi connectivity index (χ0) is 21.2. The van der Waals surface area contributed by atoms with E-state index in [1.165, 1.54) is 0 Å². The molecule has 0 saturated carbocycles. The largest absolute Gasteiger partial charge is 0.497 e. The number of likely N-dealkylation sites (N-methyl/N-ethyl adjacent to an activating group) is 2. The van der Waals surface area contributed by atoms with Gasteiger partial charge >= 0.3 is 0 Å². The van der Waals surface area contributed by atoms with E-state index in [0.29, 0.717) is 18.8 Å². The summed E-state index contributed by atoms with van der Waals surface area (Å²) in [5.41, 5.74) is 1.62. The first kappa shape index (κ1) is 22.2. The van der Waals surface area contributed by atoms with E-state index in [0.717, 1.165) is 17.1 Å². The van der Waals surface area contributed by atoms with Crippen molar-refractivity contribution in [2.75, 3.05) is 46.2 Å². The first-order valence-electron chi connectivity index (χ1n) is 9.49. The Balaban J connectivity index is 1.88. The van der Waals surface area contributed by atoms with Gasteiger partial charge in [0.1, 0.15) is 11.5 Å². The SMILES string of the molecule is CCN(CC(=O)Nc1ccc(OC)cc1)CC(=O)N(C)Cc1ccccc1OC. The number of nitrogens with one attached hydrogen (secondary N) is 1. The fraction of sp³-hybridized carbons (Fsp3) is 0.364. The molecule has 2 aromatic rings. The quantitative estimate of drug-likeness (QED) is 0.665. The summed E-state index contributed by atoms with van der Waals surface area (Å²) in [4.78, 5) is 28.4. The molecule has 0 fully saturated rings. The van der Waals surface area contributed by atoms with Crippen molar-refractivity contribution in [3.05, 3.63) is 54.1 Å². The lowest BCUT2D eigenvalue weighted by molar-refractivity contribution is -0.132. The number of rotatable bonds is 10. The Morgan fingerprint density at radius 2 is 1.66 bits per heavy atom. The Hall–Kier alpha value is -3.06. The molecule has 0 saturated heterocycles. The lowest BCUT2D eigenvalue weighted by Gasteiger charge is -2.24. The predicted octanol–water partition coefficient (Wildman–Crippen LogP) is 2.62. The van der Waals surface area contributed by atoms with Gasteiger partial charge in [0.05, 0.1) is 27.3 Å². The van der Waals surface area contributed by atoms with Crippen molar-refractivity contribution < 1.29 is 19.1 Å². The Morgan fingerprint density at radius 3 is 2.28 bits per heavy atom. The Labute approximate surface area is 172 Å². The van der Waals surface area contributed by atoms with E-state index >= 15 is 0 Å². The van der Waals surface area contributed by atoms with Crippen LogP contribution in [-0.4, -0.2) is 62.5 Å². The maximum atomic E-state index is 12.6. The minimum Gasteiger partial charge on any atom is -0.497 e. The van der Waals surface area contributed by atoms with Crippen LogP contribution in [0.3, 0.4) is 0 Å². The molecule has 29 heavy (non-hydrogen) atoms. The number of nitrogens with zero attached hydrogens (tertiary/aromatic N) is 2. The van der Waals surface area contributed by atoms with Gasteiger partial charge in [0, 0.05) is 24.8 Å². The van der Waals surface area contributed by atoms with Crippen molar-refractivity contribution >= 4 is 17.5 Å². The van der Waals surface area contributed by atoms with Crippen molar-refractivity contribution in [2.24, 2.45) is 0 Å². The minimum absolute atomic E-state index is 0.0602. The van der Waals surface area contributed by atoms with Gasteiger partial charge in [0.2, 0.25) is 11.8 Å². The van der Waals surface area contributed by atoms with Gasteiger partial charge in [0.25, 0.3) is 0 Å². The average molecular weight is 399 g/mol.